The van der Waals surface area contributed by atoms with Gasteiger partial charge in [0.25, 0.3) is 0 Å². The fourth-order valence-electron chi connectivity index (χ4n) is 16.7. The third kappa shape index (κ3) is 10.0. The number of benzene rings is 15. The summed E-state index contributed by atoms with van der Waals surface area (Å²) in [4.78, 5) is 30.8. The lowest BCUT2D eigenvalue weighted by atomic mass is 9.70. The second-order valence-corrected chi connectivity index (χ2v) is 28.1. The summed E-state index contributed by atoms with van der Waals surface area (Å²) in [6.07, 6.45) is 0. The van der Waals surface area contributed by atoms with Crippen LogP contribution in [-0.2, 0) is 10.8 Å². The molecule has 0 aliphatic heterocycles. The fraction of sp³-hybridized carbons (Fsp3) is 0.0408. The zero-order valence-corrected chi connectivity index (χ0v) is 57.2. The Morgan fingerprint density at radius 3 is 0.827 bits per heavy atom. The van der Waals surface area contributed by atoms with E-state index in [9.17, 15) is 0 Å². The Kier molecular flexibility index (Phi) is 14.1. The molecule has 0 bridgehead atoms. The van der Waals surface area contributed by atoms with Crippen molar-refractivity contribution in [2.45, 2.75) is 24.7 Å². The molecule has 0 N–H and O–H groups in total. The van der Waals surface area contributed by atoms with Gasteiger partial charge in [0.2, 0.25) is 0 Å². The summed E-state index contributed by atoms with van der Waals surface area (Å²) in [5.41, 5.74) is 31.9. The number of rotatable bonds is 11. The lowest BCUT2D eigenvalue weighted by molar-refractivity contribution is 0.661. The summed E-state index contributed by atoms with van der Waals surface area (Å²) in [5.74, 6) is 3.74. The third-order valence-corrected chi connectivity index (χ3v) is 21.8. The average Bonchev–Trinajstić information content (AvgIpc) is 1.51. The molecule has 6 nitrogen and oxygen atoms in total. The normalized spacial score (nSPS) is 13.1. The van der Waals surface area contributed by atoms with Gasteiger partial charge in [0.15, 0.2) is 34.9 Å². The van der Waals surface area contributed by atoms with Gasteiger partial charge in [0, 0.05) is 38.8 Å². The van der Waals surface area contributed by atoms with Gasteiger partial charge in [-0.3, -0.25) is 0 Å². The van der Waals surface area contributed by atoms with Crippen molar-refractivity contribution in [3.8, 4) is 157 Å². The third-order valence-electron chi connectivity index (χ3n) is 21.8. The minimum atomic E-state index is -0.417. The van der Waals surface area contributed by atoms with E-state index in [4.69, 9.17) is 29.9 Å². The Morgan fingerprint density at radius 1 is 0.163 bits per heavy atom. The topological polar surface area (TPSA) is 77.3 Å². The summed E-state index contributed by atoms with van der Waals surface area (Å²) < 4.78 is 0. The predicted octanol–water partition coefficient (Wildman–Crippen LogP) is 24.2. The number of aromatic nitrogens is 6. The van der Waals surface area contributed by atoms with Gasteiger partial charge in [-0.2, -0.15) is 0 Å². The van der Waals surface area contributed by atoms with Crippen molar-refractivity contribution in [3.63, 3.8) is 0 Å². The van der Waals surface area contributed by atoms with Gasteiger partial charge in [-0.1, -0.05) is 305 Å². The highest BCUT2D eigenvalue weighted by molar-refractivity contribution is 5.98. The number of nitrogens with zero attached hydrogens (tertiary/aromatic N) is 6. The molecule has 0 atom stereocenters. The van der Waals surface area contributed by atoms with Gasteiger partial charge in [-0.05, 0) is 194 Å². The summed E-state index contributed by atoms with van der Waals surface area (Å²) in [6, 6.07) is 127. The van der Waals surface area contributed by atoms with E-state index in [-0.39, 0.29) is 5.41 Å². The molecule has 3 aliphatic rings. The van der Waals surface area contributed by atoms with Gasteiger partial charge in [0.1, 0.15) is 0 Å². The summed E-state index contributed by atoms with van der Waals surface area (Å²) >= 11 is 0. The molecule has 17 aromatic rings. The highest BCUT2D eigenvalue weighted by Crippen LogP contribution is 2.63. The SMILES string of the molecule is CC1(C)c2cc(-c3cccc(-c4cccc(-c5nc(-c6ccccc6)nc(-c6ccccc6)n5)c4)c3)ccc2-c2cc3cc(-c4cccc(-c5nc(-c6ccccc6)nc(-c6cccc(-c7cccc(-c8ccc9c(c8)C8(c%10ccccc%10-c%10ccccc%108)c8ccccc8-9)c7)c6)n5)c4)ccc3cc21. The molecule has 2 heterocycles. The molecular weight excluding hydrogens is 1260 g/mol. The number of hydrogen-bond donors (Lipinski definition) is 0. The second kappa shape index (κ2) is 24.2. The van der Waals surface area contributed by atoms with Crippen molar-refractivity contribution in [1.29, 1.82) is 0 Å². The molecule has 0 radical (unpaired) electrons. The van der Waals surface area contributed by atoms with E-state index in [1.807, 2.05) is 78.9 Å². The van der Waals surface area contributed by atoms with Gasteiger partial charge in [-0.15, -0.1) is 0 Å². The second-order valence-electron chi connectivity index (χ2n) is 28.1. The van der Waals surface area contributed by atoms with Crippen molar-refractivity contribution in [2.24, 2.45) is 0 Å². The predicted molar refractivity (Wildman–Crippen MR) is 424 cm³/mol. The van der Waals surface area contributed by atoms with Gasteiger partial charge in [-0.25, -0.2) is 29.9 Å². The molecule has 20 rings (SSSR count). The molecular formula is C98H64N6. The maximum Gasteiger partial charge on any atom is 0.164 e. The minimum absolute atomic E-state index is 0.232. The van der Waals surface area contributed by atoms with Crippen molar-refractivity contribution >= 4 is 10.8 Å². The van der Waals surface area contributed by atoms with Crippen LogP contribution in [0.1, 0.15) is 47.2 Å². The molecule has 0 saturated heterocycles. The van der Waals surface area contributed by atoms with Crippen LogP contribution < -0.4 is 0 Å². The van der Waals surface area contributed by atoms with Crippen LogP contribution in [0, 0.1) is 0 Å². The first-order valence-corrected chi connectivity index (χ1v) is 35.6. The summed E-state index contributed by atoms with van der Waals surface area (Å²) in [5, 5.41) is 2.39. The van der Waals surface area contributed by atoms with Crippen LogP contribution in [0.5, 0.6) is 0 Å². The van der Waals surface area contributed by atoms with E-state index in [0.29, 0.717) is 34.9 Å². The van der Waals surface area contributed by atoms with E-state index in [1.165, 1.54) is 88.7 Å². The largest absolute Gasteiger partial charge is 0.208 e. The van der Waals surface area contributed by atoms with Crippen LogP contribution >= 0.6 is 0 Å². The van der Waals surface area contributed by atoms with E-state index < -0.39 is 5.41 Å². The zero-order valence-electron chi connectivity index (χ0n) is 57.2. The average molecular weight is 1330 g/mol. The van der Waals surface area contributed by atoms with Crippen molar-refractivity contribution < 1.29 is 0 Å². The first kappa shape index (κ1) is 60.5. The molecule has 2 aromatic heterocycles. The van der Waals surface area contributed by atoms with Gasteiger partial charge in [0.05, 0.1) is 5.41 Å². The molecule has 0 saturated carbocycles. The lowest BCUT2D eigenvalue weighted by Crippen LogP contribution is -2.25. The Bertz CT molecular complexity index is 6210. The van der Waals surface area contributed by atoms with Gasteiger partial charge < -0.3 is 0 Å². The standard InChI is InChI=1S/C98H64N6/c1-97(2)88-58-72(66-31-18-29-64(51-66)68-33-20-36-75(53-68)94-100-91(61-23-6-3-7-24-61)99-92(101-94)62-25-8-4-9-26-62)48-50-83(88)84-57-78-56-71(45-46-74(78)59-89(84)97)70-35-22-38-77(55-70)96-103-93(63-27-10-5-11-28-63)102-95(104-96)76-37-21-34-69(54-76)65-30-19-32-67(52-65)73-47-49-82-81-41-14-17-44-87(81)98(90(82)60-73)85-42-15-12-39-79(85)80-40-13-16-43-86(80)98/h3-60H,1-2H3. The summed E-state index contributed by atoms with van der Waals surface area (Å²) in [6.45, 7) is 4.73. The monoisotopic (exact) mass is 1320 g/mol. The van der Waals surface area contributed by atoms with E-state index >= 15 is 0 Å². The minimum Gasteiger partial charge on any atom is -0.208 e. The molecule has 0 unspecified atom stereocenters. The molecule has 1 spiro atoms. The molecule has 3 aliphatic carbocycles. The maximum absolute atomic E-state index is 5.33. The highest BCUT2D eigenvalue weighted by Gasteiger charge is 2.51. The van der Waals surface area contributed by atoms with Crippen LogP contribution in [0.4, 0.5) is 0 Å². The first-order chi connectivity index (χ1) is 51.2. The lowest BCUT2D eigenvalue weighted by Gasteiger charge is -2.30. The molecule has 15 aromatic carbocycles. The molecule has 6 heteroatoms. The highest BCUT2D eigenvalue weighted by atomic mass is 15.0. The first-order valence-electron chi connectivity index (χ1n) is 35.6. The zero-order chi connectivity index (χ0) is 69.0. The quantitative estimate of drug-likeness (QED) is 0.128. The molecule has 0 fully saturated rings. The Hall–Kier alpha value is -13.4. The maximum atomic E-state index is 5.33. The summed E-state index contributed by atoms with van der Waals surface area (Å²) in [7, 11) is 0. The van der Waals surface area contributed by atoms with Crippen molar-refractivity contribution in [1.82, 2.24) is 29.9 Å². The van der Waals surface area contributed by atoms with Crippen LogP contribution in [0.25, 0.3) is 168 Å². The van der Waals surface area contributed by atoms with Crippen LogP contribution in [0.2, 0.25) is 0 Å². The van der Waals surface area contributed by atoms with Crippen LogP contribution in [0.15, 0.2) is 352 Å². The number of fused-ring (bicyclic) bond motifs is 14. The number of hydrogen-bond acceptors (Lipinski definition) is 6. The van der Waals surface area contributed by atoms with E-state index in [1.54, 1.807) is 0 Å². The molecule has 0 amide bonds. The Balaban J connectivity index is 0.598. The Labute approximate surface area is 604 Å². The Morgan fingerprint density at radius 2 is 0.433 bits per heavy atom. The van der Waals surface area contributed by atoms with Crippen molar-refractivity contribution in [2.75, 3.05) is 0 Å². The van der Waals surface area contributed by atoms with Gasteiger partial charge >= 0.3 is 0 Å². The van der Waals surface area contributed by atoms with E-state index in [2.05, 4.69) is 287 Å². The van der Waals surface area contributed by atoms with E-state index in [0.717, 1.165) is 77.9 Å². The fourth-order valence-corrected chi connectivity index (χ4v) is 16.7. The molecule has 486 valence electrons. The molecule has 104 heavy (non-hydrogen) atoms. The van der Waals surface area contributed by atoms with Crippen LogP contribution in [-0.4, -0.2) is 29.9 Å². The smallest absolute Gasteiger partial charge is 0.164 e. The van der Waals surface area contributed by atoms with Crippen LogP contribution in [0.3, 0.4) is 0 Å². The van der Waals surface area contributed by atoms with Crippen molar-refractivity contribution in [3.05, 3.63) is 385 Å².